The number of aromatic nitrogens is 3. The monoisotopic (exact) mass is 257 g/mol. The summed E-state index contributed by atoms with van der Waals surface area (Å²) in [5.41, 5.74) is 1.73. The summed E-state index contributed by atoms with van der Waals surface area (Å²) in [5.74, 6) is 0.490. The molecule has 0 radical (unpaired) electrons. The van der Waals surface area contributed by atoms with Crippen molar-refractivity contribution < 1.29 is 4.79 Å². The first-order chi connectivity index (χ1) is 8.84. The van der Waals surface area contributed by atoms with Crippen LogP contribution in [0.15, 0.2) is 48.0 Å². The van der Waals surface area contributed by atoms with E-state index in [-0.39, 0.29) is 5.78 Å². The Morgan fingerprint density at radius 2 is 2.17 bits per heavy atom. The van der Waals surface area contributed by atoms with Crippen molar-refractivity contribution in [2.75, 3.05) is 5.75 Å². The topological polar surface area (TPSA) is 61.5 Å². The van der Waals surface area contributed by atoms with E-state index in [4.69, 9.17) is 0 Å². The lowest BCUT2D eigenvalue weighted by Gasteiger charge is -1.97. The van der Waals surface area contributed by atoms with Crippen LogP contribution in [0.2, 0.25) is 0 Å². The highest BCUT2D eigenvalue weighted by molar-refractivity contribution is 7.99. The number of nitrogens with one attached hydrogen (secondary N) is 2. The van der Waals surface area contributed by atoms with E-state index >= 15 is 0 Å². The molecule has 0 fully saturated rings. The van der Waals surface area contributed by atoms with Gasteiger partial charge in [-0.2, -0.15) is 0 Å². The first-order valence-corrected chi connectivity index (χ1v) is 6.54. The van der Waals surface area contributed by atoms with Crippen LogP contribution in [0, 0.1) is 0 Å². The summed E-state index contributed by atoms with van der Waals surface area (Å²) in [6, 6.07) is 7.81. The molecule has 4 nitrogen and oxygen atoms in total. The van der Waals surface area contributed by atoms with Gasteiger partial charge in [-0.25, -0.2) is 4.98 Å². The Morgan fingerprint density at radius 1 is 1.28 bits per heavy atom. The Kier molecular flexibility index (Phi) is 2.90. The smallest absolute Gasteiger partial charge is 0.175 e. The number of carbonyl (C=O) groups excluding carboxylic acids is 1. The van der Waals surface area contributed by atoms with Crippen molar-refractivity contribution in [1.82, 2.24) is 15.0 Å². The minimum atomic E-state index is 0.105. The average molecular weight is 257 g/mol. The largest absolute Gasteiger partial charge is 0.360 e. The molecular weight excluding hydrogens is 246 g/mol. The van der Waals surface area contributed by atoms with E-state index in [1.54, 1.807) is 18.6 Å². The number of carbonyl (C=O) groups is 1. The summed E-state index contributed by atoms with van der Waals surface area (Å²) < 4.78 is 0. The van der Waals surface area contributed by atoms with Crippen molar-refractivity contribution in [3.63, 3.8) is 0 Å². The molecule has 0 spiro atoms. The lowest BCUT2D eigenvalue weighted by Crippen LogP contribution is -2.01. The van der Waals surface area contributed by atoms with Gasteiger partial charge in [0.25, 0.3) is 0 Å². The summed E-state index contributed by atoms with van der Waals surface area (Å²) in [5, 5.41) is 1.74. The zero-order valence-corrected chi connectivity index (χ0v) is 10.3. The fourth-order valence-corrected chi connectivity index (χ4v) is 2.55. The minimum Gasteiger partial charge on any atom is -0.360 e. The normalized spacial score (nSPS) is 10.9. The van der Waals surface area contributed by atoms with Crippen LogP contribution in [-0.2, 0) is 0 Å². The van der Waals surface area contributed by atoms with Gasteiger partial charge in [0.15, 0.2) is 10.9 Å². The van der Waals surface area contributed by atoms with Gasteiger partial charge in [-0.1, -0.05) is 30.0 Å². The van der Waals surface area contributed by atoms with Crippen LogP contribution < -0.4 is 0 Å². The number of H-pyrrole nitrogens is 2. The Hall–Kier alpha value is -2.01. The molecule has 0 aliphatic heterocycles. The number of hydrogen-bond acceptors (Lipinski definition) is 3. The van der Waals surface area contributed by atoms with Crippen molar-refractivity contribution in [2.45, 2.75) is 5.16 Å². The van der Waals surface area contributed by atoms with Gasteiger partial charge in [-0.15, -0.1) is 0 Å². The van der Waals surface area contributed by atoms with E-state index in [1.807, 2.05) is 24.3 Å². The fourth-order valence-electron chi connectivity index (χ4n) is 1.84. The second-order valence-electron chi connectivity index (χ2n) is 3.85. The number of fused-ring (bicyclic) bond motifs is 1. The molecule has 0 amide bonds. The number of para-hydroxylation sites is 1. The van der Waals surface area contributed by atoms with Crippen molar-refractivity contribution in [1.29, 1.82) is 0 Å². The van der Waals surface area contributed by atoms with Crippen molar-refractivity contribution >= 4 is 28.4 Å². The molecule has 90 valence electrons. The Labute approximate surface area is 108 Å². The van der Waals surface area contributed by atoms with E-state index in [2.05, 4.69) is 15.0 Å². The van der Waals surface area contributed by atoms with E-state index in [0.29, 0.717) is 5.75 Å². The molecule has 0 aliphatic rings. The molecule has 0 aliphatic carbocycles. The first kappa shape index (κ1) is 11.1. The lowest BCUT2D eigenvalue weighted by molar-refractivity contribution is 0.102. The lowest BCUT2D eigenvalue weighted by atomic mass is 10.1. The summed E-state index contributed by atoms with van der Waals surface area (Å²) in [4.78, 5) is 22.3. The van der Waals surface area contributed by atoms with Crippen LogP contribution in [-0.4, -0.2) is 26.5 Å². The van der Waals surface area contributed by atoms with E-state index in [1.165, 1.54) is 11.8 Å². The second kappa shape index (κ2) is 4.70. The average Bonchev–Trinajstić information content (AvgIpc) is 3.05. The maximum absolute atomic E-state index is 12.1. The SMILES string of the molecule is O=C(CSc1ncc[nH]1)c1c[nH]c2ccccc12. The molecule has 3 aromatic rings. The van der Waals surface area contributed by atoms with Gasteiger partial charge in [0.2, 0.25) is 0 Å². The Balaban J connectivity index is 1.80. The predicted molar refractivity (Wildman–Crippen MR) is 71.9 cm³/mol. The molecule has 0 unspecified atom stereocenters. The molecule has 18 heavy (non-hydrogen) atoms. The number of hydrogen-bond donors (Lipinski definition) is 2. The predicted octanol–water partition coefficient (Wildman–Crippen LogP) is 2.87. The van der Waals surface area contributed by atoms with E-state index < -0.39 is 0 Å². The number of Topliss-reactive ketones (excluding diaryl/α,β-unsaturated/α-hetero) is 1. The highest BCUT2D eigenvalue weighted by Gasteiger charge is 2.12. The molecule has 2 heterocycles. The Bertz CT molecular complexity index is 672. The molecule has 2 aromatic heterocycles. The van der Waals surface area contributed by atoms with Crippen LogP contribution in [0.4, 0.5) is 0 Å². The standard InChI is InChI=1S/C13H11N3OS/c17-12(8-18-13-14-5-6-15-13)10-7-16-11-4-2-1-3-9(10)11/h1-7,16H,8H2,(H,14,15). The van der Waals surface area contributed by atoms with Crippen LogP contribution in [0.3, 0.4) is 0 Å². The highest BCUT2D eigenvalue weighted by atomic mass is 32.2. The van der Waals surface area contributed by atoms with Gasteiger partial charge in [0, 0.05) is 35.1 Å². The van der Waals surface area contributed by atoms with Crippen molar-refractivity contribution in [3.8, 4) is 0 Å². The van der Waals surface area contributed by atoms with Crippen molar-refractivity contribution in [3.05, 3.63) is 48.4 Å². The number of aromatic amines is 2. The molecule has 2 N–H and O–H groups in total. The second-order valence-corrected chi connectivity index (χ2v) is 4.82. The third kappa shape index (κ3) is 2.04. The molecule has 0 saturated heterocycles. The molecule has 0 atom stereocenters. The van der Waals surface area contributed by atoms with Gasteiger partial charge in [0.05, 0.1) is 5.75 Å². The molecule has 0 saturated carbocycles. The molecular formula is C13H11N3OS. The van der Waals surface area contributed by atoms with Gasteiger partial charge in [0.1, 0.15) is 0 Å². The number of imidazole rings is 1. The number of nitrogens with zero attached hydrogens (tertiary/aromatic N) is 1. The molecule has 1 aromatic carbocycles. The zero-order valence-electron chi connectivity index (χ0n) is 9.51. The van der Waals surface area contributed by atoms with Gasteiger partial charge in [-0.3, -0.25) is 4.79 Å². The van der Waals surface area contributed by atoms with Gasteiger partial charge < -0.3 is 9.97 Å². The van der Waals surface area contributed by atoms with Crippen LogP contribution in [0.5, 0.6) is 0 Å². The van der Waals surface area contributed by atoms with Crippen LogP contribution in [0.1, 0.15) is 10.4 Å². The summed E-state index contributed by atoms with van der Waals surface area (Å²) in [7, 11) is 0. The minimum absolute atomic E-state index is 0.105. The maximum atomic E-state index is 12.1. The van der Waals surface area contributed by atoms with Crippen LogP contribution >= 0.6 is 11.8 Å². The summed E-state index contributed by atoms with van der Waals surface area (Å²) in [6.07, 6.45) is 5.20. The summed E-state index contributed by atoms with van der Waals surface area (Å²) in [6.45, 7) is 0. The molecule has 5 heteroatoms. The number of thioether (sulfide) groups is 1. The molecule has 0 bridgehead atoms. The first-order valence-electron chi connectivity index (χ1n) is 5.56. The van der Waals surface area contributed by atoms with E-state index in [9.17, 15) is 4.79 Å². The van der Waals surface area contributed by atoms with Crippen LogP contribution in [0.25, 0.3) is 10.9 Å². The van der Waals surface area contributed by atoms with Crippen molar-refractivity contribution in [2.24, 2.45) is 0 Å². The zero-order chi connectivity index (χ0) is 12.4. The third-order valence-corrected chi connectivity index (χ3v) is 3.61. The maximum Gasteiger partial charge on any atom is 0.175 e. The third-order valence-electron chi connectivity index (χ3n) is 2.70. The number of ketones is 1. The number of rotatable bonds is 4. The summed E-state index contributed by atoms with van der Waals surface area (Å²) >= 11 is 1.41. The quantitative estimate of drug-likeness (QED) is 0.558. The molecule has 3 rings (SSSR count). The van der Waals surface area contributed by atoms with Gasteiger partial charge >= 0.3 is 0 Å². The van der Waals surface area contributed by atoms with Gasteiger partial charge in [-0.05, 0) is 6.07 Å². The Morgan fingerprint density at radius 3 is 3.00 bits per heavy atom. The number of benzene rings is 1. The fraction of sp³-hybridized carbons (Fsp3) is 0.0769. The highest BCUT2D eigenvalue weighted by Crippen LogP contribution is 2.21. The van der Waals surface area contributed by atoms with E-state index in [0.717, 1.165) is 21.6 Å².